The van der Waals surface area contributed by atoms with E-state index in [0.717, 1.165) is 36.3 Å². The van der Waals surface area contributed by atoms with Crippen molar-refractivity contribution in [2.24, 2.45) is 13.0 Å². The molecule has 1 aromatic carbocycles. The summed E-state index contributed by atoms with van der Waals surface area (Å²) >= 11 is 0. The van der Waals surface area contributed by atoms with Gasteiger partial charge in [0.05, 0.1) is 5.69 Å². The number of hydrogen-bond acceptors (Lipinski definition) is 3. The average Bonchev–Trinajstić information content (AvgIpc) is 2.92. The fourth-order valence-corrected chi connectivity index (χ4v) is 3.73. The zero-order valence-electron chi connectivity index (χ0n) is 16.4. The van der Waals surface area contributed by atoms with Crippen molar-refractivity contribution >= 4 is 17.5 Å². The number of carbonyl (C=O) groups is 2. The summed E-state index contributed by atoms with van der Waals surface area (Å²) in [5, 5.41) is 7.38. The highest BCUT2D eigenvalue weighted by molar-refractivity contribution is 5.92. The van der Waals surface area contributed by atoms with Crippen molar-refractivity contribution in [3.05, 3.63) is 47.3 Å². The van der Waals surface area contributed by atoms with E-state index in [1.807, 2.05) is 60.8 Å². The highest BCUT2D eigenvalue weighted by Gasteiger charge is 2.27. The smallest absolute Gasteiger partial charge is 0.227 e. The van der Waals surface area contributed by atoms with Crippen LogP contribution in [0.2, 0.25) is 0 Å². The maximum absolute atomic E-state index is 12.6. The minimum Gasteiger partial charge on any atom is -0.343 e. The highest BCUT2D eigenvalue weighted by Crippen LogP contribution is 2.21. The third kappa shape index (κ3) is 4.56. The molecule has 0 spiro atoms. The number of rotatable bonds is 5. The van der Waals surface area contributed by atoms with E-state index in [1.165, 1.54) is 5.56 Å². The monoisotopic (exact) mass is 368 g/mol. The van der Waals surface area contributed by atoms with Gasteiger partial charge < -0.3 is 10.2 Å². The Morgan fingerprint density at radius 3 is 2.41 bits per heavy atom. The minimum atomic E-state index is -0.0305. The molecule has 0 unspecified atom stereocenters. The largest absolute Gasteiger partial charge is 0.343 e. The summed E-state index contributed by atoms with van der Waals surface area (Å²) in [6, 6.07) is 9.51. The summed E-state index contributed by atoms with van der Waals surface area (Å²) in [6.45, 7) is 5.33. The van der Waals surface area contributed by atoms with Crippen LogP contribution in [0.4, 0.5) is 5.69 Å². The van der Waals surface area contributed by atoms with Crippen LogP contribution in [0.15, 0.2) is 30.3 Å². The van der Waals surface area contributed by atoms with Gasteiger partial charge in [0, 0.05) is 43.9 Å². The molecule has 1 aromatic heterocycles. The first-order valence-corrected chi connectivity index (χ1v) is 9.58. The summed E-state index contributed by atoms with van der Waals surface area (Å²) < 4.78 is 1.87. The van der Waals surface area contributed by atoms with Crippen LogP contribution in [0.25, 0.3) is 0 Å². The Balaban J connectivity index is 1.47. The van der Waals surface area contributed by atoms with Gasteiger partial charge in [-0.1, -0.05) is 18.2 Å². The summed E-state index contributed by atoms with van der Waals surface area (Å²) in [7, 11) is 1.93. The Hall–Kier alpha value is -2.63. The fourth-order valence-electron chi connectivity index (χ4n) is 3.73. The lowest BCUT2D eigenvalue weighted by Gasteiger charge is -2.31. The molecule has 0 radical (unpaired) electrons. The lowest BCUT2D eigenvalue weighted by atomic mass is 9.95. The number of likely N-dealkylation sites (tertiary alicyclic amines) is 1. The second-order valence-corrected chi connectivity index (χ2v) is 7.28. The summed E-state index contributed by atoms with van der Waals surface area (Å²) in [4.78, 5) is 26.9. The number of hydrogen-bond donors (Lipinski definition) is 1. The van der Waals surface area contributed by atoms with E-state index < -0.39 is 0 Å². The molecule has 0 bridgehead atoms. The van der Waals surface area contributed by atoms with Crippen LogP contribution in [0.5, 0.6) is 0 Å². The van der Waals surface area contributed by atoms with Gasteiger partial charge in [-0.25, -0.2) is 0 Å². The second-order valence-electron chi connectivity index (χ2n) is 7.28. The van der Waals surface area contributed by atoms with Gasteiger partial charge >= 0.3 is 0 Å². The number of benzene rings is 1. The Labute approximate surface area is 160 Å². The Morgan fingerprint density at radius 2 is 1.81 bits per heavy atom. The first-order chi connectivity index (χ1) is 13.0. The lowest BCUT2D eigenvalue weighted by molar-refractivity contribution is -0.134. The first-order valence-electron chi connectivity index (χ1n) is 9.58. The van der Waals surface area contributed by atoms with Crippen LogP contribution < -0.4 is 5.32 Å². The molecule has 6 heteroatoms. The zero-order valence-corrected chi connectivity index (χ0v) is 16.4. The number of nitrogens with zero attached hydrogens (tertiary/aromatic N) is 3. The van der Waals surface area contributed by atoms with E-state index in [2.05, 4.69) is 10.4 Å². The summed E-state index contributed by atoms with van der Waals surface area (Å²) in [5.41, 5.74) is 4.11. The highest BCUT2D eigenvalue weighted by atomic mass is 16.2. The maximum atomic E-state index is 12.6. The van der Waals surface area contributed by atoms with Gasteiger partial charge in [-0.15, -0.1) is 0 Å². The third-order valence-corrected chi connectivity index (χ3v) is 5.51. The van der Waals surface area contributed by atoms with Crippen LogP contribution in [-0.4, -0.2) is 39.6 Å². The zero-order chi connectivity index (χ0) is 19.4. The van der Waals surface area contributed by atoms with Gasteiger partial charge in [-0.2, -0.15) is 5.10 Å². The number of amides is 2. The molecule has 27 heavy (non-hydrogen) atoms. The SMILES string of the molecule is Cc1nn(C)c(C)c1CCC(=O)N1CCC(C(=O)Nc2ccccc2)CC1. The molecule has 6 nitrogen and oxygen atoms in total. The van der Waals surface area contributed by atoms with Crippen molar-refractivity contribution in [3.8, 4) is 0 Å². The standard InChI is InChI=1S/C21H28N4O2/c1-15-19(16(2)24(3)23-15)9-10-20(26)25-13-11-17(12-14-25)21(27)22-18-7-5-4-6-8-18/h4-8,17H,9-14H2,1-3H3,(H,22,27). The Morgan fingerprint density at radius 1 is 1.15 bits per heavy atom. The van der Waals surface area contributed by atoms with Crippen LogP contribution >= 0.6 is 0 Å². The number of anilines is 1. The summed E-state index contributed by atoms with van der Waals surface area (Å²) in [5.74, 6) is 0.187. The van der Waals surface area contributed by atoms with E-state index in [1.54, 1.807) is 0 Å². The van der Waals surface area contributed by atoms with Crippen molar-refractivity contribution in [1.29, 1.82) is 0 Å². The molecule has 3 rings (SSSR count). The molecular weight excluding hydrogens is 340 g/mol. The van der Waals surface area contributed by atoms with Gasteiger partial charge in [0.2, 0.25) is 11.8 Å². The van der Waals surface area contributed by atoms with Crippen molar-refractivity contribution in [3.63, 3.8) is 0 Å². The number of nitrogens with one attached hydrogen (secondary N) is 1. The number of carbonyl (C=O) groups excluding carboxylic acids is 2. The molecule has 1 fully saturated rings. The molecule has 0 aliphatic carbocycles. The molecule has 2 heterocycles. The van der Waals surface area contributed by atoms with Crippen LogP contribution in [0.1, 0.15) is 36.2 Å². The lowest BCUT2D eigenvalue weighted by Crippen LogP contribution is -2.41. The van der Waals surface area contributed by atoms with E-state index >= 15 is 0 Å². The number of aryl methyl sites for hydroxylation is 2. The van der Waals surface area contributed by atoms with Gasteiger partial charge in [-0.3, -0.25) is 14.3 Å². The Bertz CT molecular complexity index is 805. The third-order valence-electron chi connectivity index (χ3n) is 5.51. The molecule has 1 aliphatic heterocycles. The molecular formula is C21H28N4O2. The van der Waals surface area contributed by atoms with Gasteiger partial charge in [-0.05, 0) is 50.8 Å². The number of para-hydroxylation sites is 1. The van der Waals surface area contributed by atoms with E-state index in [-0.39, 0.29) is 17.7 Å². The summed E-state index contributed by atoms with van der Waals surface area (Å²) in [6.07, 6.45) is 2.65. The average molecular weight is 368 g/mol. The Kier molecular flexibility index (Phi) is 5.94. The van der Waals surface area contributed by atoms with Crippen LogP contribution in [0, 0.1) is 19.8 Å². The minimum absolute atomic E-state index is 0.0305. The van der Waals surface area contributed by atoms with Crippen LogP contribution in [0.3, 0.4) is 0 Å². The fraction of sp³-hybridized carbons (Fsp3) is 0.476. The molecule has 144 valence electrons. The molecule has 1 aliphatic rings. The normalized spacial score (nSPS) is 15.0. The van der Waals surface area contributed by atoms with E-state index in [0.29, 0.717) is 19.5 Å². The van der Waals surface area contributed by atoms with Crippen LogP contribution in [-0.2, 0) is 23.1 Å². The van der Waals surface area contributed by atoms with Crippen molar-refractivity contribution in [1.82, 2.24) is 14.7 Å². The number of aromatic nitrogens is 2. The topological polar surface area (TPSA) is 67.2 Å². The number of piperidine rings is 1. The van der Waals surface area contributed by atoms with E-state index in [4.69, 9.17) is 0 Å². The first kappa shape index (κ1) is 19.1. The van der Waals surface area contributed by atoms with Gasteiger partial charge in [0.25, 0.3) is 0 Å². The van der Waals surface area contributed by atoms with Crippen molar-refractivity contribution in [2.75, 3.05) is 18.4 Å². The molecule has 1 N–H and O–H groups in total. The van der Waals surface area contributed by atoms with Crippen molar-refractivity contribution in [2.45, 2.75) is 39.5 Å². The van der Waals surface area contributed by atoms with E-state index in [9.17, 15) is 9.59 Å². The van der Waals surface area contributed by atoms with Crippen molar-refractivity contribution < 1.29 is 9.59 Å². The molecule has 0 saturated carbocycles. The predicted molar refractivity (Wildman–Crippen MR) is 105 cm³/mol. The van der Waals surface area contributed by atoms with Gasteiger partial charge in [0.1, 0.15) is 0 Å². The molecule has 2 aromatic rings. The molecule has 1 saturated heterocycles. The predicted octanol–water partition coefficient (Wildman–Crippen LogP) is 2.85. The second kappa shape index (κ2) is 8.37. The maximum Gasteiger partial charge on any atom is 0.227 e. The van der Waals surface area contributed by atoms with Gasteiger partial charge in [0.15, 0.2) is 0 Å². The quantitative estimate of drug-likeness (QED) is 0.882. The molecule has 0 atom stereocenters. The molecule has 2 amide bonds.